The molecule has 0 amide bonds. The summed E-state index contributed by atoms with van der Waals surface area (Å²) in [5.74, 6) is 0.736. The first-order chi connectivity index (χ1) is 9.06. The lowest BCUT2D eigenvalue weighted by molar-refractivity contribution is 0.145. The lowest BCUT2D eigenvalue weighted by atomic mass is 10.4. The molecule has 0 unspecified atom stereocenters. The van der Waals surface area contributed by atoms with Crippen molar-refractivity contribution < 1.29 is 8.78 Å². The molecule has 1 aliphatic carbocycles. The van der Waals surface area contributed by atoms with Crippen LogP contribution in [0.1, 0.15) is 42.5 Å². The van der Waals surface area contributed by atoms with E-state index in [0.29, 0.717) is 23.1 Å². The van der Waals surface area contributed by atoms with Crippen molar-refractivity contribution in [3.05, 3.63) is 28.0 Å². The summed E-state index contributed by atoms with van der Waals surface area (Å²) in [6, 6.07) is 1.79. The van der Waals surface area contributed by atoms with Crippen LogP contribution in [-0.4, -0.2) is 24.5 Å². The maximum Gasteiger partial charge on any atom is 0.282 e. The van der Waals surface area contributed by atoms with Gasteiger partial charge in [0.25, 0.3) is 6.43 Å². The summed E-state index contributed by atoms with van der Waals surface area (Å²) < 4.78 is 29.3. The van der Waals surface area contributed by atoms with Gasteiger partial charge in [-0.15, -0.1) is 0 Å². The van der Waals surface area contributed by atoms with Crippen molar-refractivity contribution in [2.24, 2.45) is 0 Å². The lowest BCUT2D eigenvalue weighted by Gasteiger charge is -2.06. The van der Waals surface area contributed by atoms with Gasteiger partial charge in [0.05, 0.1) is 0 Å². The van der Waals surface area contributed by atoms with Gasteiger partial charge in [-0.3, -0.25) is 14.3 Å². The van der Waals surface area contributed by atoms with Crippen LogP contribution < -0.4 is 0 Å². The summed E-state index contributed by atoms with van der Waals surface area (Å²) in [4.78, 5) is 0. The summed E-state index contributed by atoms with van der Waals surface area (Å²) >= 11 is 5.18. The van der Waals surface area contributed by atoms with Gasteiger partial charge in [-0.25, -0.2) is 8.78 Å². The van der Waals surface area contributed by atoms with Crippen LogP contribution in [0.3, 0.4) is 0 Å². The molecule has 102 valence electrons. The van der Waals surface area contributed by atoms with E-state index in [1.807, 2.05) is 4.57 Å². The summed E-state index contributed by atoms with van der Waals surface area (Å²) in [5.41, 5.74) is 0.483. The van der Waals surface area contributed by atoms with Crippen molar-refractivity contribution in [3.8, 4) is 0 Å². The predicted molar refractivity (Wildman–Crippen MR) is 66.7 cm³/mol. The fourth-order valence-electron chi connectivity index (χ4n) is 2.09. The average Bonchev–Trinajstić information content (AvgIpc) is 3.03. The Hall–Kier alpha value is -1.57. The zero-order chi connectivity index (χ0) is 13.6. The smallest absolute Gasteiger partial charge is 0.282 e. The molecule has 8 heteroatoms. The normalized spacial score (nSPS) is 15.4. The highest BCUT2D eigenvalue weighted by Crippen LogP contribution is 2.35. The molecule has 1 saturated carbocycles. The van der Waals surface area contributed by atoms with E-state index in [9.17, 15) is 8.78 Å². The first kappa shape index (κ1) is 12.5. The van der Waals surface area contributed by atoms with Crippen molar-refractivity contribution in [3.63, 3.8) is 0 Å². The number of hydrogen-bond acceptors (Lipinski definition) is 3. The third-order valence-electron chi connectivity index (χ3n) is 3.20. The van der Waals surface area contributed by atoms with Crippen LogP contribution >= 0.6 is 12.2 Å². The van der Waals surface area contributed by atoms with E-state index in [2.05, 4.69) is 15.3 Å². The van der Waals surface area contributed by atoms with Gasteiger partial charge in [-0.05, 0) is 38.0 Å². The molecule has 0 spiro atoms. The third-order valence-corrected chi connectivity index (χ3v) is 3.49. The van der Waals surface area contributed by atoms with Gasteiger partial charge < -0.3 is 0 Å². The molecule has 2 aromatic heterocycles. The number of alkyl halides is 2. The molecule has 0 bridgehead atoms. The van der Waals surface area contributed by atoms with Crippen molar-refractivity contribution >= 4 is 12.2 Å². The summed E-state index contributed by atoms with van der Waals surface area (Å²) in [6.07, 6.45) is -0.383. The molecule has 2 aromatic rings. The monoisotopic (exact) mass is 285 g/mol. The predicted octanol–water partition coefficient (Wildman–Crippen LogP) is 2.77. The van der Waals surface area contributed by atoms with Crippen LogP contribution in [0, 0.1) is 11.7 Å². The van der Waals surface area contributed by atoms with Crippen LogP contribution in [-0.2, 0) is 6.54 Å². The van der Waals surface area contributed by atoms with Gasteiger partial charge >= 0.3 is 0 Å². The second kappa shape index (κ2) is 4.52. The Morgan fingerprint density at radius 2 is 2.26 bits per heavy atom. The van der Waals surface area contributed by atoms with E-state index in [0.717, 1.165) is 18.7 Å². The van der Waals surface area contributed by atoms with Gasteiger partial charge in [0.1, 0.15) is 12.2 Å². The molecule has 0 aliphatic heterocycles. The van der Waals surface area contributed by atoms with Crippen LogP contribution in [0.15, 0.2) is 6.07 Å². The van der Waals surface area contributed by atoms with E-state index >= 15 is 0 Å². The number of aromatic amines is 1. The Kier molecular flexibility index (Phi) is 2.96. The fraction of sp³-hybridized carbons (Fsp3) is 0.545. The minimum atomic E-state index is -2.55. The summed E-state index contributed by atoms with van der Waals surface area (Å²) in [5, 5.41) is 10.8. The Labute approximate surface area is 113 Å². The number of H-pyrrole nitrogens is 1. The van der Waals surface area contributed by atoms with Crippen molar-refractivity contribution in [2.75, 3.05) is 0 Å². The van der Waals surface area contributed by atoms with Crippen LogP contribution in [0.5, 0.6) is 0 Å². The second-order valence-corrected chi connectivity index (χ2v) is 5.10. The Morgan fingerprint density at radius 3 is 2.84 bits per heavy atom. The largest absolute Gasteiger partial charge is 0.299 e. The van der Waals surface area contributed by atoms with E-state index in [1.165, 1.54) is 10.7 Å². The molecular formula is C11H13F2N5S. The Morgan fingerprint density at radius 1 is 1.53 bits per heavy atom. The van der Waals surface area contributed by atoms with Gasteiger partial charge in [0.15, 0.2) is 10.6 Å². The fourth-order valence-corrected chi connectivity index (χ4v) is 2.39. The van der Waals surface area contributed by atoms with Gasteiger partial charge in [-0.2, -0.15) is 10.2 Å². The van der Waals surface area contributed by atoms with Crippen LogP contribution in [0.25, 0.3) is 0 Å². The van der Waals surface area contributed by atoms with Crippen molar-refractivity contribution in [1.29, 1.82) is 0 Å². The van der Waals surface area contributed by atoms with E-state index in [4.69, 9.17) is 12.2 Å². The minimum absolute atomic E-state index is 0.204. The maximum absolute atomic E-state index is 12.6. The number of nitrogens with zero attached hydrogens (tertiary/aromatic N) is 4. The van der Waals surface area contributed by atoms with E-state index in [-0.39, 0.29) is 5.69 Å². The molecule has 1 aliphatic rings. The van der Waals surface area contributed by atoms with Crippen LogP contribution in [0.2, 0.25) is 0 Å². The van der Waals surface area contributed by atoms with Crippen molar-refractivity contribution in [2.45, 2.75) is 38.8 Å². The topological polar surface area (TPSA) is 51.4 Å². The first-order valence-corrected chi connectivity index (χ1v) is 6.45. The molecule has 0 aromatic carbocycles. The lowest BCUT2D eigenvalue weighted by Crippen LogP contribution is -2.10. The molecule has 5 nitrogen and oxygen atoms in total. The molecule has 19 heavy (non-hydrogen) atoms. The number of hydrogen-bond donors (Lipinski definition) is 1. The van der Waals surface area contributed by atoms with Gasteiger partial charge in [0, 0.05) is 11.7 Å². The molecule has 1 fully saturated rings. The number of aryl methyl sites for hydroxylation is 1. The molecule has 0 radical (unpaired) electrons. The number of aromatic nitrogens is 5. The highest BCUT2D eigenvalue weighted by Gasteiger charge is 2.27. The highest BCUT2D eigenvalue weighted by molar-refractivity contribution is 7.71. The summed E-state index contributed by atoms with van der Waals surface area (Å²) in [6.45, 7) is 2.10. The molecule has 0 atom stereocenters. The zero-order valence-electron chi connectivity index (χ0n) is 10.3. The highest BCUT2D eigenvalue weighted by atomic mass is 32.1. The first-order valence-electron chi connectivity index (χ1n) is 6.04. The van der Waals surface area contributed by atoms with Gasteiger partial charge in [0.2, 0.25) is 0 Å². The molecule has 1 N–H and O–H groups in total. The summed E-state index contributed by atoms with van der Waals surface area (Å²) in [7, 11) is 0. The number of rotatable bonds is 4. The molecule has 2 heterocycles. The molecule has 0 saturated heterocycles. The SMILES string of the molecule is Cc1cc(C(F)F)nn1Cc1n[nH]c(=S)n1C1CC1. The third kappa shape index (κ3) is 2.32. The number of nitrogens with one attached hydrogen (secondary N) is 1. The standard InChI is InChI=1S/C11H13F2N5S/c1-6-4-8(10(12)13)16-17(6)5-9-14-15-11(19)18(9)7-2-3-7/h4,7,10H,2-3,5H2,1H3,(H,15,19). The quantitative estimate of drug-likeness (QED) is 0.879. The second-order valence-electron chi connectivity index (χ2n) is 4.72. The van der Waals surface area contributed by atoms with Crippen LogP contribution in [0.4, 0.5) is 8.78 Å². The minimum Gasteiger partial charge on any atom is -0.299 e. The molecule has 3 rings (SSSR count). The Bertz CT molecular complexity index is 652. The average molecular weight is 285 g/mol. The Balaban J connectivity index is 1.91. The zero-order valence-corrected chi connectivity index (χ0v) is 11.1. The maximum atomic E-state index is 12.6. The van der Waals surface area contributed by atoms with E-state index < -0.39 is 6.43 Å². The van der Waals surface area contributed by atoms with Crippen molar-refractivity contribution in [1.82, 2.24) is 24.5 Å². The number of halogens is 2. The molecular weight excluding hydrogens is 272 g/mol. The van der Waals surface area contributed by atoms with Gasteiger partial charge in [-0.1, -0.05) is 0 Å². The van der Waals surface area contributed by atoms with E-state index in [1.54, 1.807) is 6.92 Å².